The second kappa shape index (κ2) is 8.74. The Balaban J connectivity index is 2.09. The van der Waals surface area contributed by atoms with E-state index in [1.54, 1.807) is 17.0 Å². The van der Waals surface area contributed by atoms with E-state index in [2.05, 4.69) is 5.32 Å². The summed E-state index contributed by atoms with van der Waals surface area (Å²) in [6.45, 7) is 0.342. The molecule has 26 heavy (non-hydrogen) atoms. The van der Waals surface area contributed by atoms with Gasteiger partial charge in [-0.3, -0.25) is 9.69 Å². The molecule has 2 aromatic rings. The van der Waals surface area contributed by atoms with Crippen LogP contribution < -0.4 is 5.32 Å². The van der Waals surface area contributed by atoms with Gasteiger partial charge in [-0.05, 0) is 30.3 Å². The number of alkyl halides is 3. The summed E-state index contributed by atoms with van der Waals surface area (Å²) >= 11 is 5.62. The average molecular weight is 386 g/mol. The van der Waals surface area contributed by atoms with Crippen LogP contribution in [0.2, 0.25) is 5.02 Å². The molecule has 2 rings (SSSR count). The Morgan fingerprint density at radius 1 is 1.35 bits per heavy atom. The van der Waals surface area contributed by atoms with E-state index in [0.29, 0.717) is 5.76 Å². The molecule has 0 fully saturated rings. The van der Waals surface area contributed by atoms with E-state index in [-0.39, 0.29) is 36.8 Å². The largest absolute Gasteiger partial charge is 0.468 e. The Hall–Kier alpha value is -2.50. The van der Waals surface area contributed by atoms with E-state index in [1.807, 2.05) is 6.07 Å². The number of hydrogen-bond acceptors (Lipinski definition) is 4. The summed E-state index contributed by atoms with van der Waals surface area (Å²) in [5, 5.41) is 10.9. The molecule has 0 atom stereocenters. The molecule has 9 heteroatoms. The lowest BCUT2D eigenvalue weighted by Gasteiger charge is -2.20. The first-order valence-corrected chi connectivity index (χ1v) is 7.95. The van der Waals surface area contributed by atoms with Gasteiger partial charge in [0, 0.05) is 18.0 Å². The summed E-state index contributed by atoms with van der Waals surface area (Å²) in [4.78, 5) is 13.8. The first-order chi connectivity index (χ1) is 12.3. The Morgan fingerprint density at radius 3 is 2.73 bits per heavy atom. The second-order valence-electron chi connectivity index (χ2n) is 5.43. The van der Waals surface area contributed by atoms with Crippen molar-refractivity contribution in [2.24, 2.45) is 0 Å². The van der Waals surface area contributed by atoms with Gasteiger partial charge in [0.15, 0.2) is 0 Å². The summed E-state index contributed by atoms with van der Waals surface area (Å²) in [5.41, 5.74) is -1.39. The minimum Gasteiger partial charge on any atom is -0.468 e. The topological polar surface area (TPSA) is 69.3 Å². The van der Waals surface area contributed by atoms with E-state index in [1.165, 1.54) is 12.3 Å². The molecular weight excluding hydrogens is 371 g/mol. The smallest absolute Gasteiger partial charge is 0.418 e. The molecule has 1 aromatic heterocycles. The second-order valence-corrected chi connectivity index (χ2v) is 5.87. The lowest BCUT2D eigenvalue weighted by molar-refractivity contribution is -0.137. The molecule has 0 bridgehead atoms. The molecular formula is C17H15ClF3N3O2. The van der Waals surface area contributed by atoms with Gasteiger partial charge in [0.1, 0.15) is 5.76 Å². The van der Waals surface area contributed by atoms with Gasteiger partial charge in [0.2, 0.25) is 5.91 Å². The fraction of sp³-hybridized carbons (Fsp3) is 0.294. The number of nitrogens with one attached hydrogen (secondary N) is 1. The maximum Gasteiger partial charge on any atom is 0.418 e. The number of rotatable bonds is 7. The van der Waals surface area contributed by atoms with E-state index in [4.69, 9.17) is 21.3 Å². The molecule has 5 nitrogen and oxygen atoms in total. The molecule has 0 aliphatic carbocycles. The molecule has 1 heterocycles. The van der Waals surface area contributed by atoms with Crippen LogP contribution in [0.15, 0.2) is 41.0 Å². The molecule has 0 saturated carbocycles. The van der Waals surface area contributed by atoms with Crippen molar-refractivity contribution in [1.82, 2.24) is 4.90 Å². The van der Waals surface area contributed by atoms with E-state index < -0.39 is 17.6 Å². The minimum absolute atomic E-state index is 0.0798. The monoisotopic (exact) mass is 385 g/mol. The van der Waals surface area contributed by atoms with E-state index in [9.17, 15) is 18.0 Å². The van der Waals surface area contributed by atoms with Crippen molar-refractivity contribution in [3.8, 4) is 6.07 Å². The van der Waals surface area contributed by atoms with Gasteiger partial charge >= 0.3 is 6.18 Å². The van der Waals surface area contributed by atoms with Crippen LogP contribution in [0.3, 0.4) is 0 Å². The van der Waals surface area contributed by atoms with Crippen LogP contribution in [0, 0.1) is 11.3 Å². The number of carbonyl (C=O) groups is 1. The van der Waals surface area contributed by atoms with Crippen LogP contribution in [-0.2, 0) is 17.5 Å². The Bertz CT molecular complexity index is 786. The molecule has 0 spiro atoms. The number of carbonyl (C=O) groups excluding carboxylic acids is 1. The van der Waals surface area contributed by atoms with Crippen LogP contribution in [0.4, 0.5) is 18.9 Å². The zero-order valence-electron chi connectivity index (χ0n) is 13.5. The fourth-order valence-corrected chi connectivity index (χ4v) is 2.47. The highest BCUT2D eigenvalue weighted by Gasteiger charge is 2.34. The van der Waals surface area contributed by atoms with Crippen molar-refractivity contribution in [3.63, 3.8) is 0 Å². The third-order valence-corrected chi connectivity index (χ3v) is 3.66. The standard InChI is InChI=1S/C17H15ClF3N3O2/c18-12-4-5-15(14(9-12)17(19,20)21)23-16(25)11-24(7-2-6-22)10-13-3-1-8-26-13/h1,3-5,8-9H,2,7,10-11H2,(H,23,25). The van der Waals surface area contributed by atoms with Crippen LogP contribution in [0.1, 0.15) is 17.7 Å². The number of halogens is 4. The number of anilines is 1. The number of hydrogen-bond donors (Lipinski definition) is 1. The van der Waals surface area contributed by atoms with Gasteiger partial charge in [0.25, 0.3) is 0 Å². The number of furan rings is 1. The van der Waals surface area contributed by atoms with Gasteiger partial charge in [-0.15, -0.1) is 0 Å². The Kier molecular flexibility index (Phi) is 6.66. The third kappa shape index (κ3) is 5.79. The van der Waals surface area contributed by atoms with Gasteiger partial charge in [-0.2, -0.15) is 18.4 Å². The number of nitriles is 1. The molecule has 0 radical (unpaired) electrons. The molecule has 0 aliphatic rings. The normalized spacial score (nSPS) is 11.4. The Labute approximate surface area is 153 Å². The van der Waals surface area contributed by atoms with Gasteiger partial charge in [0.05, 0.1) is 36.7 Å². The number of amides is 1. The minimum atomic E-state index is -4.65. The van der Waals surface area contributed by atoms with Crippen molar-refractivity contribution < 1.29 is 22.4 Å². The van der Waals surface area contributed by atoms with E-state index in [0.717, 1.165) is 12.1 Å². The number of benzene rings is 1. The lowest BCUT2D eigenvalue weighted by atomic mass is 10.1. The Morgan fingerprint density at radius 2 is 2.12 bits per heavy atom. The molecule has 138 valence electrons. The van der Waals surface area contributed by atoms with Crippen LogP contribution in [-0.4, -0.2) is 23.9 Å². The molecule has 1 amide bonds. The maximum absolute atomic E-state index is 13.1. The van der Waals surface area contributed by atoms with Crippen molar-refractivity contribution >= 4 is 23.2 Å². The first kappa shape index (κ1) is 19.8. The molecule has 0 unspecified atom stereocenters. The van der Waals surface area contributed by atoms with Crippen LogP contribution in [0.25, 0.3) is 0 Å². The average Bonchev–Trinajstić information content (AvgIpc) is 3.06. The summed E-state index contributed by atoms with van der Waals surface area (Å²) in [7, 11) is 0. The number of nitrogens with zero attached hydrogens (tertiary/aromatic N) is 2. The van der Waals surface area contributed by atoms with Crippen molar-refractivity contribution in [3.05, 3.63) is 52.9 Å². The SMILES string of the molecule is N#CCCN(CC(=O)Nc1ccc(Cl)cc1C(F)(F)F)Cc1ccco1. The predicted molar refractivity (Wildman–Crippen MR) is 89.3 cm³/mol. The van der Waals surface area contributed by atoms with Gasteiger partial charge < -0.3 is 9.73 Å². The fourth-order valence-electron chi connectivity index (χ4n) is 2.30. The molecule has 0 saturated heterocycles. The van der Waals surface area contributed by atoms with Crippen molar-refractivity contribution in [2.45, 2.75) is 19.1 Å². The third-order valence-electron chi connectivity index (χ3n) is 3.43. The molecule has 1 aromatic carbocycles. The van der Waals surface area contributed by atoms with Crippen LogP contribution in [0.5, 0.6) is 0 Å². The van der Waals surface area contributed by atoms with Gasteiger partial charge in [-0.25, -0.2) is 0 Å². The summed E-state index contributed by atoms with van der Waals surface area (Å²) in [6.07, 6.45) is -3.01. The zero-order valence-corrected chi connectivity index (χ0v) is 14.3. The van der Waals surface area contributed by atoms with E-state index >= 15 is 0 Å². The highest BCUT2D eigenvalue weighted by atomic mass is 35.5. The van der Waals surface area contributed by atoms with Gasteiger partial charge in [-0.1, -0.05) is 11.6 Å². The maximum atomic E-state index is 13.1. The van der Waals surface area contributed by atoms with Crippen molar-refractivity contribution in [1.29, 1.82) is 5.26 Å². The lowest BCUT2D eigenvalue weighted by Crippen LogP contribution is -2.34. The summed E-state index contributed by atoms with van der Waals surface area (Å²) in [5.74, 6) is -0.0551. The van der Waals surface area contributed by atoms with Crippen LogP contribution >= 0.6 is 11.6 Å². The summed E-state index contributed by atoms with van der Waals surface area (Å²) < 4.78 is 44.5. The first-order valence-electron chi connectivity index (χ1n) is 7.58. The zero-order chi connectivity index (χ0) is 19.2. The highest BCUT2D eigenvalue weighted by molar-refractivity contribution is 6.30. The predicted octanol–water partition coefficient (Wildman–Crippen LogP) is 4.31. The molecule has 1 N–H and O–H groups in total. The molecule has 0 aliphatic heterocycles. The quantitative estimate of drug-likeness (QED) is 0.771. The van der Waals surface area contributed by atoms with Crippen molar-refractivity contribution in [2.75, 3.05) is 18.4 Å². The highest BCUT2D eigenvalue weighted by Crippen LogP contribution is 2.36. The summed E-state index contributed by atoms with van der Waals surface area (Å²) in [6, 6.07) is 8.49.